The van der Waals surface area contributed by atoms with Gasteiger partial charge in [0, 0.05) is 5.69 Å². The Bertz CT molecular complexity index is 1260. The van der Waals surface area contributed by atoms with Gasteiger partial charge in [-0.05, 0) is 66.7 Å². The Morgan fingerprint density at radius 2 is 1.74 bits per heavy atom. The maximum Gasteiger partial charge on any atom is 0.298 e. The molecule has 0 saturated carbocycles. The third-order valence-corrected chi connectivity index (χ3v) is 5.86. The van der Waals surface area contributed by atoms with Crippen LogP contribution in [0.2, 0.25) is 0 Å². The van der Waals surface area contributed by atoms with Gasteiger partial charge in [-0.25, -0.2) is 4.90 Å². The van der Waals surface area contributed by atoms with Crippen LogP contribution in [0.4, 0.5) is 16.2 Å². The van der Waals surface area contributed by atoms with Crippen molar-refractivity contribution in [3.8, 4) is 11.5 Å². The fourth-order valence-corrected chi connectivity index (χ4v) is 4.13. The van der Waals surface area contributed by atoms with Gasteiger partial charge in [-0.15, -0.1) is 0 Å². The SMILES string of the molecule is COc1cc(/C=C2/SC(=O)N(c3ccccc3)C2=O)ccc1OCC(=O)Nc1ccc(C)cc1. The van der Waals surface area contributed by atoms with E-state index in [0.29, 0.717) is 33.3 Å². The maximum absolute atomic E-state index is 12.8. The van der Waals surface area contributed by atoms with E-state index in [4.69, 9.17) is 9.47 Å². The van der Waals surface area contributed by atoms with Crippen molar-refractivity contribution >= 4 is 46.3 Å². The highest BCUT2D eigenvalue weighted by Crippen LogP contribution is 2.36. The lowest BCUT2D eigenvalue weighted by atomic mass is 10.2. The molecule has 0 spiro atoms. The molecule has 1 N–H and O–H groups in total. The summed E-state index contributed by atoms with van der Waals surface area (Å²) in [4.78, 5) is 38.9. The van der Waals surface area contributed by atoms with Gasteiger partial charge in [-0.1, -0.05) is 42.0 Å². The number of carbonyl (C=O) groups is 3. The van der Waals surface area contributed by atoms with Gasteiger partial charge in [0.05, 0.1) is 17.7 Å². The number of rotatable bonds is 7. The number of ether oxygens (including phenoxy) is 2. The summed E-state index contributed by atoms with van der Waals surface area (Å²) in [7, 11) is 1.49. The van der Waals surface area contributed by atoms with Gasteiger partial charge in [0.1, 0.15) is 0 Å². The summed E-state index contributed by atoms with van der Waals surface area (Å²) in [5.74, 6) is 0.105. The van der Waals surface area contributed by atoms with Crippen LogP contribution in [-0.4, -0.2) is 30.8 Å². The van der Waals surface area contributed by atoms with E-state index in [-0.39, 0.29) is 23.7 Å². The molecule has 1 aliphatic heterocycles. The standard InChI is InChI=1S/C26H22N2O5S/c1-17-8-11-19(12-9-17)27-24(29)16-33-21-13-10-18(14-22(21)32-2)15-23-25(30)28(26(31)34-23)20-6-4-3-5-7-20/h3-15H,16H2,1-2H3,(H,27,29)/b23-15+. The number of hydrogen-bond acceptors (Lipinski definition) is 6. The van der Waals surface area contributed by atoms with E-state index >= 15 is 0 Å². The number of anilines is 2. The molecule has 3 amide bonds. The smallest absolute Gasteiger partial charge is 0.298 e. The topological polar surface area (TPSA) is 84.9 Å². The number of para-hydroxylation sites is 1. The lowest BCUT2D eigenvalue weighted by Crippen LogP contribution is -2.27. The van der Waals surface area contributed by atoms with Gasteiger partial charge < -0.3 is 14.8 Å². The minimum absolute atomic E-state index is 0.195. The van der Waals surface area contributed by atoms with Crippen LogP contribution in [0, 0.1) is 6.92 Å². The van der Waals surface area contributed by atoms with E-state index in [1.54, 1.807) is 48.5 Å². The molecule has 34 heavy (non-hydrogen) atoms. The molecule has 0 radical (unpaired) electrons. The summed E-state index contributed by atoms with van der Waals surface area (Å²) in [5.41, 5.74) is 2.97. The summed E-state index contributed by atoms with van der Waals surface area (Å²) < 4.78 is 11.0. The van der Waals surface area contributed by atoms with Crippen molar-refractivity contribution in [3.05, 3.63) is 88.8 Å². The Labute approximate surface area is 201 Å². The second kappa shape index (κ2) is 10.3. The van der Waals surface area contributed by atoms with Crippen molar-refractivity contribution in [2.75, 3.05) is 23.9 Å². The fraction of sp³-hybridized carbons (Fsp3) is 0.115. The van der Waals surface area contributed by atoms with Crippen molar-refractivity contribution in [1.29, 1.82) is 0 Å². The number of amides is 3. The van der Waals surface area contributed by atoms with Gasteiger partial charge in [-0.2, -0.15) is 0 Å². The summed E-state index contributed by atoms with van der Waals surface area (Å²) in [6.07, 6.45) is 1.63. The maximum atomic E-state index is 12.8. The number of methoxy groups -OCH3 is 1. The van der Waals surface area contributed by atoms with E-state index < -0.39 is 0 Å². The van der Waals surface area contributed by atoms with E-state index in [9.17, 15) is 14.4 Å². The number of thioether (sulfide) groups is 1. The zero-order valence-electron chi connectivity index (χ0n) is 18.6. The number of nitrogens with one attached hydrogen (secondary N) is 1. The number of nitrogens with zero attached hydrogens (tertiary/aromatic N) is 1. The predicted molar refractivity (Wildman–Crippen MR) is 133 cm³/mol. The first kappa shape index (κ1) is 23.1. The zero-order chi connectivity index (χ0) is 24.1. The Morgan fingerprint density at radius 3 is 2.44 bits per heavy atom. The Kier molecular flexibility index (Phi) is 6.98. The minimum atomic E-state index is -0.381. The first-order valence-corrected chi connectivity index (χ1v) is 11.3. The first-order valence-electron chi connectivity index (χ1n) is 10.4. The summed E-state index contributed by atoms with van der Waals surface area (Å²) in [6, 6.07) is 21.3. The fourth-order valence-electron chi connectivity index (χ4n) is 3.29. The highest BCUT2D eigenvalue weighted by Gasteiger charge is 2.36. The van der Waals surface area contributed by atoms with Gasteiger partial charge in [-0.3, -0.25) is 14.4 Å². The summed E-state index contributed by atoms with van der Waals surface area (Å²) in [5, 5.41) is 2.42. The van der Waals surface area contributed by atoms with E-state index in [2.05, 4.69) is 5.32 Å². The number of benzene rings is 3. The zero-order valence-corrected chi connectivity index (χ0v) is 19.4. The molecule has 3 aromatic rings. The molecular weight excluding hydrogens is 452 g/mol. The van der Waals surface area contributed by atoms with Crippen LogP contribution < -0.4 is 19.7 Å². The number of aryl methyl sites for hydroxylation is 1. The molecule has 8 heteroatoms. The molecule has 1 saturated heterocycles. The molecule has 1 aliphatic rings. The van der Waals surface area contributed by atoms with Gasteiger partial charge in [0.25, 0.3) is 17.1 Å². The Morgan fingerprint density at radius 1 is 1.00 bits per heavy atom. The molecular formula is C26H22N2O5S. The molecule has 1 fully saturated rings. The molecule has 0 unspecified atom stereocenters. The molecule has 4 rings (SSSR count). The lowest BCUT2D eigenvalue weighted by molar-refractivity contribution is -0.118. The Hall–Kier alpha value is -4.04. The van der Waals surface area contributed by atoms with Gasteiger partial charge in [0.15, 0.2) is 18.1 Å². The van der Waals surface area contributed by atoms with Crippen LogP contribution in [0.5, 0.6) is 11.5 Å². The monoisotopic (exact) mass is 474 g/mol. The van der Waals surface area contributed by atoms with Crippen LogP contribution in [0.15, 0.2) is 77.7 Å². The highest BCUT2D eigenvalue weighted by atomic mass is 32.2. The van der Waals surface area contributed by atoms with Crippen molar-refractivity contribution in [2.24, 2.45) is 0 Å². The van der Waals surface area contributed by atoms with Crippen molar-refractivity contribution in [1.82, 2.24) is 0 Å². The predicted octanol–water partition coefficient (Wildman–Crippen LogP) is 5.26. The molecule has 3 aromatic carbocycles. The van der Waals surface area contributed by atoms with Crippen molar-refractivity contribution in [3.63, 3.8) is 0 Å². The lowest BCUT2D eigenvalue weighted by Gasteiger charge is -2.12. The number of carbonyl (C=O) groups excluding carboxylic acids is 3. The molecule has 1 heterocycles. The van der Waals surface area contributed by atoms with E-state index in [1.165, 1.54) is 7.11 Å². The van der Waals surface area contributed by atoms with Gasteiger partial charge >= 0.3 is 0 Å². The third-order valence-electron chi connectivity index (χ3n) is 4.99. The van der Waals surface area contributed by atoms with E-state index in [0.717, 1.165) is 22.2 Å². The average Bonchev–Trinajstić information content (AvgIpc) is 3.12. The van der Waals surface area contributed by atoms with Crippen LogP contribution in [0.1, 0.15) is 11.1 Å². The molecule has 0 bridgehead atoms. The normalized spacial score (nSPS) is 14.4. The van der Waals surface area contributed by atoms with Crippen LogP contribution in [0.3, 0.4) is 0 Å². The quantitative estimate of drug-likeness (QED) is 0.470. The van der Waals surface area contributed by atoms with Crippen molar-refractivity contribution < 1.29 is 23.9 Å². The first-order chi connectivity index (χ1) is 16.4. The second-order valence-corrected chi connectivity index (χ2v) is 8.46. The molecule has 172 valence electrons. The molecule has 7 nitrogen and oxygen atoms in total. The average molecular weight is 475 g/mol. The third kappa shape index (κ3) is 5.29. The number of hydrogen-bond donors (Lipinski definition) is 1. The largest absolute Gasteiger partial charge is 0.493 e. The van der Waals surface area contributed by atoms with Crippen LogP contribution >= 0.6 is 11.8 Å². The summed E-state index contributed by atoms with van der Waals surface area (Å²) in [6.45, 7) is 1.78. The Balaban J connectivity index is 1.44. The van der Waals surface area contributed by atoms with Crippen molar-refractivity contribution in [2.45, 2.75) is 6.92 Å². The van der Waals surface area contributed by atoms with E-state index in [1.807, 2.05) is 37.3 Å². The highest BCUT2D eigenvalue weighted by molar-refractivity contribution is 8.19. The molecule has 0 atom stereocenters. The minimum Gasteiger partial charge on any atom is -0.493 e. The molecule has 0 aliphatic carbocycles. The molecule has 0 aromatic heterocycles. The van der Waals surface area contributed by atoms with Gasteiger partial charge in [0.2, 0.25) is 0 Å². The second-order valence-electron chi connectivity index (χ2n) is 7.47. The van der Waals surface area contributed by atoms with Crippen LogP contribution in [-0.2, 0) is 9.59 Å². The number of imide groups is 1. The summed E-state index contributed by atoms with van der Waals surface area (Å²) >= 11 is 0.879. The van der Waals surface area contributed by atoms with Crippen LogP contribution in [0.25, 0.3) is 6.08 Å².